The second-order valence-electron chi connectivity index (χ2n) is 8.75. The van der Waals surface area contributed by atoms with E-state index in [-0.39, 0.29) is 0 Å². The van der Waals surface area contributed by atoms with Crippen LogP contribution in [0, 0.1) is 0 Å². The summed E-state index contributed by atoms with van der Waals surface area (Å²) in [5.41, 5.74) is 10.2. The Bertz CT molecular complexity index is 1330. The molecule has 0 radical (unpaired) electrons. The number of carbonyl (C=O) groups excluding carboxylic acids is 1. The number of nitrogens with two attached hydrogens (primary N) is 1. The van der Waals surface area contributed by atoms with Crippen molar-refractivity contribution in [3.05, 3.63) is 35.8 Å². The van der Waals surface area contributed by atoms with Gasteiger partial charge in [-0.05, 0) is 51.4 Å². The highest BCUT2D eigenvalue weighted by Crippen LogP contribution is 2.37. The van der Waals surface area contributed by atoms with Crippen molar-refractivity contribution in [2.75, 3.05) is 33.1 Å². The van der Waals surface area contributed by atoms with Crippen LogP contribution in [0.25, 0.3) is 22.2 Å². The summed E-state index contributed by atoms with van der Waals surface area (Å²) >= 11 is 0. The van der Waals surface area contributed by atoms with Gasteiger partial charge < -0.3 is 25.1 Å². The van der Waals surface area contributed by atoms with E-state index in [0.29, 0.717) is 53.7 Å². The molecule has 2 aromatic heterocycles. The number of aromatic nitrogens is 3. The van der Waals surface area contributed by atoms with Gasteiger partial charge in [0, 0.05) is 28.9 Å². The van der Waals surface area contributed by atoms with Crippen molar-refractivity contribution in [2.45, 2.75) is 31.7 Å². The van der Waals surface area contributed by atoms with Crippen molar-refractivity contribution in [3.63, 3.8) is 0 Å². The SMILES string of the molecule is CN1CCCC1COc1cc(-c2cnc3c(c2)CCCO3)c2nc[nH]c2c1C(N)=O.CS(=O)(=O)O. The van der Waals surface area contributed by atoms with E-state index in [9.17, 15) is 13.2 Å². The summed E-state index contributed by atoms with van der Waals surface area (Å²) in [5, 5.41) is 0. The molecule has 11 nitrogen and oxygen atoms in total. The van der Waals surface area contributed by atoms with Gasteiger partial charge in [0.25, 0.3) is 16.0 Å². The van der Waals surface area contributed by atoms with Gasteiger partial charge in [0.15, 0.2) is 0 Å². The zero-order valence-electron chi connectivity index (χ0n) is 19.7. The minimum Gasteiger partial charge on any atom is -0.491 e. The summed E-state index contributed by atoms with van der Waals surface area (Å²) in [6, 6.07) is 4.28. The molecule has 1 amide bonds. The molecule has 188 valence electrons. The van der Waals surface area contributed by atoms with Crippen molar-refractivity contribution >= 4 is 27.1 Å². The Morgan fingerprint density at radius 2 is 2.11 bits per heavy atom. The number of imidazole rings is 1. The highest BCUT2D eigenvalue weighted by molar-refractivity contribution is 7.85. The lowest BCUT2D eigenvalue weighted by Crippen LogP contribution is -2.31. The number of likely N-dealkylation sites (N-methyl/N-ethyl adjacent to an activating group) is 1. The fraction of sp³-hybridized carbons (Fsp3) is 0.435. The summed E-state index contributed by atoms with van der Waals surface area (Å²) in [4.78, 5) is 26.6. The molecule has 3 aromatic rings. The Morgan fingerprint density at radius 1 is 1.34 bits per heavy atom. The van der Waals surface area contributed by atoms with Crippen LogP contribution in [0.4, 0.5) is 0 Å². The number of benzene rings is 1. The fourth-order valence-electron chi connectivity index (χ4n) is 4.42. The Balaban J connectivity index is 0.000000527. The first-order valence-corrected chi connectivity index (χ1v) is 13.1. The van der Waals surface area contributed by atoms with Gasteiger partial charge in [-0.1, -0.05) is 0 Å². The zero-order valence-corrected chi connectivity index (χ0v) is 20.5. The molecule has 1 saturated heterocycles. The molecule has 2 aliphatic heterocycles. The van der Waals surface area contributed by atoms with E-state index >= 15 is 0 Å². The van der Waals surface area contributed by atoms with E-state index in [2.05, 4.69) is 33.0 Å². The zero-order chi connectivity index (χ0) is 25.2. The van der Waals surface area contributed by atoms with Crippen LogP contribution in [0.15, 0.2) is 24.7 Å². The van der Waals surface area contributed by atoms with Gasteiger partial charge in [-0.25, -0.2) is 9.97 Å². The largest absolute Gasteiger partial charge is 0.491 e. The van der Waals surface area contributed by atoms with Gasteiger partial charge in [0.1, 0.15) is 17.9 Å². The molecule has 1 fully saturated rings. The number of hydrogen-bond donors (Lipinski definition) is 3. The van der Waals surface area contributed by atoms with Crippen molar-refractivity contribution in [1.82, 2.24) is 19.9 Å². The summed E-state index contributed by atoms with van der Waals surface area (Å²) in [5.74, 6) is 0.629. The molecule has 0 spiro atoms. The Kier molecular flexibility index (Phi) is 7.24. The number of rotatable bonds is 5. The Labute approximate surface area is 203 Å². The molecule has 0 bridgehead atoms. The average molecular weight is 504 g/mol. The third kappa shape index (κ3) is 5.89. The molecule has 1 atom stereocenters. The first kappa shape index (κ1) is 24.9. The monoisotopic (exact) mass is 503 g/mol. The predicted octanol–water partition coefficient (Wildman–Crippen LogP) is 2.03. The number of likely N-dealkylation sites (tertiary alicyclic amines) is 1. The highest BCUT2D eigenvalue weighted by Gasteiger charge is 2.25. The number of nitrogens with zero attached hydrogens (tertiary/aromatic N) is 3. The molecule has 1 unspecified atom stereocenters. The van der Waals surface area contributed by atoms with Crippen LogP contribution in [0.5, 0.6) is 11.6 Å². The molecule has 2 aliphatic rings. The normalized spacial score (nSPS) is 17.9. The molecule has 0 saturated carbocycles. The standard InChI is InChI=1S/C22H25N5O3.CH4O3S/c1-27-6-2-5-15(27)11-30-17-9-16(19-20(26-12-25-19)18(17)21(23)28)14-8-13-4-3-7-29-22(13)24-10-14;1-5(2,3)4/h8-10,12,15H,2-7,11H2,1H3,(H2,23,28)(H,25,26);1H3,(H,2,3,4). The minimum absolute atomic E-state index is 0.328. The average Bonchev–Trinajstić information content (AvgIpc) is 3.44. The molecule has 0 aliphatic carbocycles. The van der Waals surface area contributed by atoms with Crippen LogP contribution >= 0.6 is 0 Å². The maximum Gasteiger partial charge on any atom is 0.261 e. The molecular weight excluding hydrogens is 474 g/mol. The van der Waals surface area contributed by atoms with Crippen molar-refractivity contribution in [2.24, 2.45) is 5.73 Å². The Hall–Kier alpha value is -3.22. The lowest BCUT2D eigenvalue weighted by atomic mass is 9.99. The number of carbonyl (C=O) groups is 1. The van der Waals surface area contributed by atoms with Crippen LogP contribution in [-0.2, 0) is 16.5 Å². The number of aryl methyl sites for hydroxylation is 1. The van der Waals surface area contributed by atoms with E-state index < -0.39 is 16.0 Å². The topological polar surface area (TPSA) is 161 Å². The highest BCUT2D eigenvalue weighted by atomic mass is 32.2. The molecule has 4 N–H and O–H groups in total. The summed E-state index contributed by atoms with van der Waals surface area (Å²) in [6.45, 7) is 2.26. The van der Waals surface area contributed by atoms with E-state index in [1.165, 1.54) is 0 Å². The van der Waals surface area contributed by atoms with Gasteiger partial charge in [0.05, 0.1) is 30.2 Å². The lowest BCUT2D eigenvalue weighted by molar-refractivity contribution is 0.0996. The van der Waals surface area contributed by atoms with Gasteiger partial charge in [-0.15, -0.1) is 0 Å². The van der Waals surface area contributed by atoms with Crippen LogP contribution in [0.3, 0.4) is 0 Å². The third-order valence-corrected chi connectivity index (χ3v) is 6.08. The number of hydrogen-bond acceptors (Lipinski definition) is 8. The number of pyridine rings is 1. The van der Waals surface area contributed by atoms with Crippen LogP contribution in [-0.4, -0.2) is 77.8 Å². The van der Waals surface area contributed by atoms with Gasteiger partial charge in [-0.2, -0.15) is 8.42 Å². The second kappa shape index (κ2) is 10.2. The first-order chi connectivity index (χ1) is 16.6. The maximum absolute atomic E-state index is 12.3. The van der Waals surface area contributed by atoms with Crippen LogP contribution in [0.1, 0.15) is 35.2 Å². The number of H-pyrrole nitrogens is 1. The van der Waals surface area contributed by atoms with Crippen molar-refractivity contribution in [1.29, 1.82) is 0 Å². The number of ether oxygens (including phenoxy) is 2. The molecule has 5 rings (SSSR count). The van der Waals surface area contributed by atoms with E-state index in [1.54, 1.807) is 12.5 Å². The fourth-order valence-corrected chi connectivity index (χ4v) is 4.42. The number of aromatic amines is 1. The van der Waals surface area contributed by atoms with E-state index in [1.807, 2.05) is 6.07 Å². The van der Waals surface area contributed by atoms with Gasteiger partial charge in [-0.3, -0.25) is 9.35 Å². The van der Waals surface area contributed by atoms with Gasteiger partial charge in [0.2, 0.25) is 5.88 Å². The molecular formula is C23H29N5O6S. The summed E-state index contributed by atoms with van der Waals surface area (Å²) in [7, 11) is -1.57. The first-order valence-electron chi connectivity index (χ1n) is 11.3. The smallest absolute Gasteiger partial charge is 0.261 e. The molecule has 4 heterocycles. The van der Waals surface area contributed by atoms with Crippen molar-refractivity contribution < 1.29 is 27.2 Å². The molecule has 1 aromatic carbocycles. The third-order valence-electron chi connectivity index (χ3n) is 6.08. The summed E-state index contributed by atoms with van der Waals surface area (Å²) in [6.07, 6.45) is 8.21. The van der Waals surface area contributed by atoms with Gasteiger partial charge >= 0.3 is 0 Å². The molecule has 12 heteroatoms. The second-order valence-corrected chi connectivity index (χ2v) is 10.2. The van der Waals surface area contributed by atoms with E-state index in [0.717, 1.165) is 48.9 Å². The predicted molar refractivity (Wildman–Crippen MR) is 130 cm³/mol. The molecule has 35 heavy (non-hydrogen) atoms. The minimum atomic E-state index is -3.67. The number of amides is 1. The number of nitrogens with one attached hydrogen (secondary N) is 1. The number of fused-ring (bicyclic) bond motifs is 2. The quantitative estimate of drug-likeness (QED) is 0.442. The number of primary amides is 1. The summed E-state index contributed by atoms with van der Waals surface area (Å²) < 4.78 is 37.7. The maximum atomic E-state index is 12.3. The Morgan fingerprint density at radius 3 is 2.80 bits per heavy atom. The van der Waals surface area contributed by atoms with Crippen LogP contribution < -0.4 is 15.2 Å². The van der Waals surface area contributed by atoms with Crippen molar-refractivity contribution in [3.8, 4) is 22.8 Å². The van der Waals surface area contributed by atoms with Crippen LogP contribution in [0.2, 0.25) is 0 Å². The van der Waals surface area contributed by atoms with E-state index in [4.69, 9.17) is 19.8 Å². The lowest BCUT2D eigenvalue weighted by Gasteiger charge is -2.21.